The molecule has 2 atom stereocenters. The summed E-state index contributed by atoms with van der Waals surface area (Å²) in [5, 5.41) is 12.1. The van der Waals surface area contributed by atoms with Crippen molar-refractivity contribution in [3.8, 4) is 0 Å². The van der Waals surface area contributed by atoms with Gasteiger partial charge in [-0.3, -0.25) is 9.59 Å². The molecule has 0 heterocycles. The molecule has 4 nitrogen and oxygen atoms in total. The van der Waals surface area contributed by atoms with Crippen LogP contribution >= 0.6 is 0 Å². The lowest BCUT2D eigenvalue weighted by atomic mass is 9.86. The number of amides is 1. The minimum Gasteiger partial charge on any atom is -0.481 e. The van der Waals surface area contributed by atoms with Gasteiger partial charge >= 0.3 is 5.97 Å². The van der Waals surface area contributed by atoms with Crippen LogP contribution < -0.4 is 5.32 Å². The maximum atomic E-state index is 12.3. The molecule has 2 unspecified atom stereocenters. The molecule has 2 rings (SSSR count). The second kappa shape index (κ2) is 6.73. The minimum atomic E-state index is -0.908. The van der Waals surface area contributed by atoms with E-state index in [4.69, 9.17) is 5.11 Å². The summed E-state index contributed by atoms with van der Waals surface area (Å²) in [6, 6.07) is 7.41. The fourth-order valence-electron chi connectivity index (χ4n) is 2.76. The third-order valence-electron chi connectivity index (χ3n) is 4.62. The summed E-state index contributed by atoms with van der Waals surface area (Å²) in [6.45, 7) is 8.33. The lowest BCUT2D eigenvalue weighted by Crippen LogP contribution is -2.34. The number of hydrogen-bond acceptors (Lipinski definition) is 2. The predicted molar refractivity (Wildman–Crippen MR) is 90.2 cm³/mol. The molecular formula is C19H27NO3. The van der Waals surface area contributed by atoms with Crippen molar-refractivity contribution >= 4 is 11.9 Å². The van der Waals surface area contributed by atoms with Gasteiger partial charge in [0.15, 0.2) is 0 Å². The smallest absolute Gasteiger partial charge is 0.305 e. The van der Waals surface area contributed by atoms with Gasteiger partial charge in [-0.2, -0.15) is 0 Å². The van der Waals surface area contributed by atoms with E-state index < -0.39 is 12.0 Å². The van der Waals surface area contributed by atoms with E-state index >= 15 is 0 Å². The normalized spacial score (nSPS) is 17.4. The zero-order valence-corrected chi connectivity index (χ0v) is 14.4. The minimum absolute atomic E-state index is 0.0415. The third kappa shape index (κ3) is 4.81. The van der Waals surface area contributed by atoms with Crippen LogP contribution in [-0.2, 0) is 15.0 Å². The molecule has 0 aromatic heterocycles. The van der Waals surface area contributed by atoms with E-state index in [0.717, 1.165) is 18.4 Å². The fourth-order valence-corrected chi connectivity index (χ4v) is 2.76. The Morgan fingerprint density at radius 3 is 2.22 bits per heavy atom. The van der Waals surface area contributed by atoms with Crippen molar-refractivity contribution in [2.75, 3.05) is 0 Å². The Labute approximate surface area is 138 Å². The average Bonchev–Trinajstić information content (AvgIpc) is 3.29. The van der Waals surface area contributed by atoms with Crippen LogP contribution in [0.25, 0.3) is 0 Å². The van der Waals surface area contributed by atoms with E-state index in [1.165, 1.54) is 5.56 Å². The second-order valence-electron chi connectivity index (χ2n) is 7.66. The predicted octanol–water partition coefficient (Wildman–Crippen LogP) is 3.66. The van der Waals surface area contributed by atoms with Crippen LogP contribution in [0.15, 0.2) is 24.3 Å². The molecule has 0 radical (unpaired) electrons. The number of carbonyl (C=O) groups excluding carboxylic acids is 1. The fraction of sp³-hybridized carbons (Fsp3) is 0.579. The molecular weight excluding hydrogens is 290 g/mol. The van der Waals surface area contributed by atoms with Gasteiger partial charge in [0.25, 0.3) is 0 Å². The van der Waals surface area contributed by atoms with Crippen LogP contribution in [0.4, 0.5) is 0 Å². The summed E-state index contributed by atoms with van der Waals surface area (Å²) in [4.78, 5) is 23.5. The number of nitrogens with one attached hydrogen (secondary N) is 1. The van der Waals surface area contributed by atoms with Gasteiger partial charge in [-0.15, -0.1) is 0 Å². The molecule has 1 aliphatic rings. The van der Waals surface area contributed by atoms with Crippen LogP contribution in [0.5, 0.6) is 0 Å². The Morgan fingerprint density at radius 2 is 1.78 bits per heavy atom. The summed E-state index contributed by atoms with van der Waals surface area (Å²) < 4.78 is 0. The Bertz CT molecular complexity index is 567. The van der Waals surface area contributed by atoms with E-state index in [0.29, 0.717) is 5.92 Å². The van der Waals surface area contributed by atoms with Gasteiger partial charge in [-0.1, -0.05) is 52.0 Å². The standard InChI is InChI=1S/C19H27NO3/c1-12(13-5-6-13)18(23)20-16(11-17(21)22)14-7-9-15(10-8-14)19(2,3)4/h7-10,12-13,16H,5-6,11H2,1-4H3,(H,20,23)(H,21,22). The van der Waals surface area contributed by atoms with Crippen molar-refractivity contribution in [2.45, 2.75) is 58.4 Å². The van der Waals surface area contributed by atoms with Gasteiger partial charge in [0.1, 0.15) is 0 Å². The summed E-state index contributed by atoms with van der Waals surface area (Å²) in [5.74, 6) is -0.531. The van der Waals surface area contributed by atoms with Gasteiger partial charge in [0.2, 0.25) is 5.91 Å². The van der Waals surface area contributed by atoms with Crippen molar-refractivity contribution in [3.63, 3.8) is 0 Å². The first kappa shape index (κ1) is 17.5. The maximum absolute atomic E-state index is 12.3. The van der Waals surface area contributed by atoms with E-state index in [1.807, 2.05) is 31.2 Å². The molecule has 0 aliphatic heterocycles. The van der Waals surface area contributed by atoms with Crippen molar-refractivity contribution < 1.29 is 14.7 Å². The first-order chi connectivity index (χ1) is 10.7. The highest BCUT2D eigenvalue weighted by Crippen LogP contribution is 2.37. The van der Waals surface area contributed by atoms with Gasteiger partial charge < -0.3 is 10.4 Å². The van der Waals surface area contributed by atoms with Crippen molar-refractivity contribution in [2.24, 2.45) is 11.8 Å². The number of carbonyl (C=O) groups is 2. The molecule has 126 valence electrons. The summed E-state index contributed by atoms with van der Waals surface area (Å²) in [6.07, 6.45) is 2.09. The summed E-state index contributed by atoms with van der Waals surface area (Å²) in [5.41, 5.74) is 2.08. The zero-order chi connectivity index (χ0) is 17.2. The van der Waals surface area contributed by atoms with Crippen molar-refractivity contribution in [3.05, 3.63) is 35.4 Å². The largest absolute Gasteiger partial charge is 0.481 e. The summed E-state index contributed by atoms with van der Waals surface area (Å²) in [7, 11) is 0. The highest BCUT2D eigenvalue weighted by atomic mass is 16.4. The van der Waals surface area contributed by atoms with E-state index in [2.05, 4.69) is 26.1 Å². The lowest BCUT2D eigenvalue weighted by Gasteiger charge is -2.23. The zero-order valence-electron chi connectivity index (χ0n) is 14.4. The monoisotopic (exact) mass is 317 g/mol. The SMILES string of the molecule is CC(C(=O)NC(CC(=O)O)c1ccc(C(C)(C)C)cc1)C1CC1. The number of carboxylic acid groups (broad SMARTS) is 1. The Balaban J connectivity index is 2.13. The average molecular weight is 317 g/mol. The second-order valence-corrected chi connectivity index (χ2v) is 7.66. The Kier molecular flexibility index (Phi) is 5.12. The number of hydrogen-bond donors (Lipinski definition) is 2. The van der Waals surface area contributed by atoms with Crippen molar-refractivity contribution in [1.82, 2.24) is 5.32 Å². The molecule has 1 amide bonds. The topological polar surface area (TPSA) is 66.4 Å². The summed E-state index contributed by atoms with van der Waals surface area (Å²) >= 11 is 0. The van der Waals surface area contributed by atoms with E-state index in [-0.39, 0.29) is 23.7 Å². The van der Waals surface area contributed by atoms with E-state index in [1.54, 1.807) is 0 Å². The van der Waals surface area contributed by atoms with Gasteiger partial charge in [-0.25, -0.2) is 0 Å². The molecule has 0 saturated heterocycles. The number of carboxylic acids is 1. The quantitative estimate of drug-likeness (QED) is 0.841. The highest BCUT2D eigenvalue weighted by molar-refractivity contribution is 5.80. The maximum Gasteiger partial charge on any atom is 0.305 e. The van der Waals surface area contributed by atoms with Crippen molar-refractivity contribution in [1.29, 1.82) is 0 Å². The van der Waals surface area contributed by atoms with Crippen LogP contribution in [-0.4, -0.2) is 17.0 Å². The van der Waals surface area contributed by atoms with Crippen LogP contribution in [0.3, 0.4) is 0 Å². The molecule has 23 heavy (non-hydrogen) atoms. The molecule has 1 aromatic carbocycles. The highest BCUT2D eigenvalue weighted by Gasteiger charge is 2.33. The molecule has 4 heteroatoms. The van der Waals surface area contributed by atoms with Gasteiger partial charge in [-0.05, 0) is 35.3 Å². The Hall–Kier alpha value is -1.84. The third-order valence-corrected chi connectivity index (χ3v) is 4.62. The van der Waals surface area contributed by atoms with Crippen LogP contribution in [0, 0.1) is 11.8 Å². The molecule has 2 N–H and O–H groups in total. The number of benzene rings is 1. The lowest BCUT2D eigenvalue weighted by molar-refractivity contribution is -0.138. The molecule has 0 bridgehead atoms. The van der Waals surface area contributed by atoms with Crippen LogP contribution in [0.2, 0.25) is 0 Å². The number of rotatable bonds is 6. The first-order valence-corrected chi connectivity index (χ1v) is 8.31. The molecule has 1 aromatic rings. The Morgan fingerprint density at radius 1 is 1.22 bits per heavy atom. The number of aliphatic carboxylic acids is 1. The molecule has 1 fully saturated rings. The molecule has 0 spiro atoms. The van der Waals surface area contributed by atoms with E-state index in [9.17, 15) is 9.59 Å². The molecule has 1 aliphatic carbocycles. The van der Waals surface area contributed by atoms with Gasteiger partial charge in [0.05, 0.1) is 12.5 Å². The molecule has 1 saturated carbocycles. The van der Waals surface area contributed by atoms with Gasteiger partial charge in [0, 0.05) is 5.92 Å². The van der Waals surface area contributed by atoms with Crippen LogP contribution in [0.1, 0.15) is 64.1 Å². The first-order valence-electron chi connectivity index (χ1n) is 8.31.